The van der Waals surface area contributed by atoms with Gasteiger partial charge in [0.1, 0.15) is 0 Å². The van der Waals surface area contributed by atoms with E-state index >= 15 is 0 Å². The molecule has 1 aliphatic heterocycles. The normalized spacial score (nSPS) is 15.5. The molecule has 1 amide bonds. The lowest BCUT2D eigenvalue weighted by Gasteiger charge is -2.37. The van der Waals surface area contributed by atoms with Crippen LogP contribution in [0.3, 0.4) is 0 Å². The predicted octanol–water partition coefficient (Wildman–Crippen LogP) is 3.63. The number of hydrogen-bond acceptors (Lipinski definition) is 4. The van der Waals surface area contributed by atoms with E-state index < -0.39 is 0 Å². The number of rotatable bonds is 7. The molecule has 1 aromatic carbocycles. The van der Waals surface area contributed by atoms with Gasteiger partial charge in [-0.05, 0) is 70.6 Å². The molecule has 150 valence electrons. The van der Waals surface area contributed by atoms with Gasteiger partial charge in [-0.3, -0.25) is 9.78 Å². The van der Waals surface area contributed by atoms with Crippen LogP contribution in [0.25, 0.3) is 11.3 Å². The van der Waals surface area contributed by atoms with E-state index in [1.165, 1.54) is 0 Å². The Morgan fingerprint density at radius 3 is 2.54 bits per heavy atom. The molecule has 0 unspecified atom stereocenters. The quantitative estimate of drug-likeness (QED) is 0.687. The fourth-order valence-corrected chi connectivity index (χ4v) is 3.79. The molecular weight excluding hydrogens is 350 g/mol. The highest BCUT2D eigenvalue weighted by atomic mass is 16.5. The number of benzene rings is 1. The van der Waals surface area contributed by atoms with Crippen LogP contribution in [0.5, 0.6) is 0 Å². The van der Waals surface area contributed by atoms with E-state index in [-0.39, 0.29) is 5.91 Å². The lowest BCUT2D eigenvalue weighted by Crippen LogP contribution is -2.47. The Labute approximate surface area is 168 Å². The van der Waals surface area contributed by atoms with Gasteiger partial charge in [-0.25, -0.2) is 0 Å². The van der Waals surface area contributed by atoms with Gasteiger partial charge < -0.3 is 14.5 Å². The van der Waals surface area contributed by atoms with E-state index in [1.807, 2.05) is 49.4 Å². The fraction of sp³-hybridized carbons (Fsp3) is 0.478. The maximum Gasteiger partial charge on any atom is 0.254 e. The highest BCUT2D eigenvalue weighted by Crippen LogP contribution is 2.22. The zero-order valence-corrected chi connectivity index (χ0v) is 17.2. The molecule has 5 nitrogen and oxygen atoms in total. The van der Waals surface area contributed by atoms with Gasteiger partial charge in [-0.1, -0.05) is 18.2 Å². The molecule has 0 atom stereocenters. The molecule has 0 saturated carbocycles. The number of nitrogens with zero attached hydrogens (tertiary/aromatic N) is 3. The zero-order chi connectivity index (χ0) is 19.9. The molecule has 0 bridgehead atoms. The van der Waals surface area contributed by atoms with Crippen molar-refractivity contribution in [2.45, 2.75) is 32.2 Å². The molecule has 0 N–H and O–H groups in total. The maximum absolute atomic E-state index is 13.3. The smallest absolute Gasteiger partial charge is 0.254 e. The summed E-state index contributed by atoms with van der Waals surface area (Å²) in [6.07, 6.45) is 2.92. The van der Waals surface area contributed by atoms with E-state index in [0.717, 1.165) is 61.4 Å². The zero-order valence-electron chi connectivity index (χ0n) is 17.2. The summed E-state index contributed by atoms with van der Waals surface area (Å²) in [4.78, 5) is 22.2. The number of aromatic nitrogens is 1. The lowest BCUT2D eigenvalue weighted by atomic mass is 10.0. The number of piperidine rings is 1. The van der Waals surface area contributed by atoms with Crippen LogP contribution in [0.2, 0.25) is 0 Å². The number of ether oxygens (including phenoxy) is 1. The Balaban J connectivity index is 1.75. The fourth-order valence-electron chi connectivity index (χ4n) is 3.79. The van der Waals surface area contributed by atoms with E-state index in [4.69, 9.17) is 4.74 Å². The van der Waals surface area contributed by atoms with Gasteiger partial charge >= 0.3 is 0 Å². The first-order valence-corrected chi connectivity index (χ1v) is 10.1. The summed E-state index contributed by atoms with van der Waals surface area (Å²) in [5.74, 6) is 0.120. The van der Waals surface area contributed by atoms with Crippen LogP contribution in [0.15, 0.2) is 42.5 Å². The monoisotopic (exact) mass is 381 g/mol. The lowest BCUT2D eigenvalue weighted by molar-refractivity contribution is 0.0564. The highest BCUT2D eigenvalue weighted by molar-refractivity contribution is 5.95. The summed E-state index contributed by atoms with van der Waals surface area (Å²) in [5, 5.41) is 0. The SMILES string of the molecule is COCCCN(C(=O)c1ccc(-c2cccc(C)n2)cc1)C1CCN(C)CC1. The molecule has 0 radical (unpaired) electrons. The Morgan fingerprint density at radius 2 is 1.89 bits per heavy atom. The summed E-state index contributed by atoms with van der Waals surface area (Å²) in [7, 11) is 3.85. The Morgan fingerprint density at radius 1 is 1.18 bits per heavy atom. The third-order valence-electron chi connectivity index (χ3n) is 5.45. The number of carbonyl (C=O) groups is 1. The number of likely N-dealkylation sites (tertiary alicyclic amines) is 1. The maximum atomic E-state index is 13.3. The van der Waals surface area contributed by atoms with Gasteiger partial charge in [0, 0.05) is 43.1 Å². The summed E-state index contributed by atoms with van der Waals surface area (Å²) in [6, 6.07) is 14.2. The van der Waals surface area contributed by atoms with Crippen LogP contribution in [-0.4, -0.2) is 67.1 Å². The van der Waals surface area contributed by atoms with Crippen LogP contribution in [0.1, 0.15) is 35.3 Å². The van der Waals surface area contributed by atoms with Gasteiger partial charge in [0.15, 0.2) is 0 Å². The molecule has 1 aliphatic rings. The molecule has 1 aromatic heterocycles. The minimum absolute atomic E-state index is 0.120. The first-order chi connectivity index (χ1) is 13.6. The molecule has 0 spiro atoms. The van der Waals surface area contributed by atoms with Gasteiger partial charge in [0.25, 0.3) is 5.91 Å². The number of pyridine rings is 1. The van der Waals surface area contributed by atoms with Crippen molar-refractivity contribution < 1.29 is 9.53 Å². The van der Waals surface area contributed by atoms with Gasteiger partial charge in [-0.2, -0.15) is 0 Å². The van der Waals surface area contributed by atoms with Crippen molar-refractivity contribution in [2.75, 3.05) is 40.4 Å². The second kappa shape index (κ2) is 9.80. The van der Waals surface area contributed by atoms with Crippen molar-refractivity contribution in [1.82, 2.24) is 14.8 Å². The second-order valence-corrected chi connectivity index (χ2v) is 7.62. The van der Waals surface area contributed by atoms with Crippen LogP contribution < -0.4 is 0 Å². The number of methoxy groups -OCH3 is 1. The molecule has 0 aliphatic carbocycles. The summed E-state index contributed by atoms with van der Waals surface area (Å²) in [5.41, 5.74) is 3.70. The van der Waals surface area contributed by atoms with Crippen molar-refractivity contribution in [3.63, 3.8) is 0 Å². The number of aryl methyl sites for hydroxylation is 1. The summed E-state index contributed by atoms with van der Waals surface area (Å²) < 4.78 is 5.20. The van der Waals surface area contributed by atoms with Gasteiger partial charge in [-0.15, -0.1) is 0 Å². The van der Waals surface area contributed by atoms with Crippen LogP contribution in [0.4, 0.5) is 0 Å². The number of hydrogen-bond donors (Lipinski definition) is 0. The Bertz CT molecular complexity index is 768. The molecule has 2 heterocycles. The van der Waals surface area contributed by atoms with Crippen molar-refractivity contribution in [3.8, 4) is 11.3 Å². The predicted molar refractivity (Wildman–Crippen MR) is 112 cm³/mol. The van der Waals surface area contributed by atoms with Crippen LogP contribution in [0, 0.1) is 6.92 Å². The summed E-state index contributed by atoms with van der Waals surface area (Å²) in [6.45, 7) is 5.48. The largest absolute Gasteiger partial charge is 0.385 e. The molecule has 28 heavy (non-hydrogen) atoms. The third kappa shape index (κ3) is 5.18. The first kappa shape index (κ1) is 20.5. The van der Waals surface area contributed by atoms with Gasteiger partial charge in [0.2, 0.25) is 0 Å². The van der Waals surface area contributed by atoms with Crippen molar-refractivity contribution in [3.05, 3.63) is 53.7 Å². The first-order valence-electron chi connectivity index (χ1n) is 10.1. The molecule has 2 aromatic rings. The average molecular weight is 382 g/mol. The molecular formula is C23H31N3O2. The second-order valence-electron chi connectivity index (χ2n) is 7.62. The van der Waals surface area contributed by atoms with Crippen molar-refractivity contribution in [2.24, 2.45) is 0 Å². The minimum Gasteiger partial charge on any atom is -0.385 e. The van der Waals surface area contributed by atoms with E-state index in [2.05, 4.69) is 21.8 Å². The minimum atomic E-state index is 0.120. The highest BCUT2D eigenvalue weighted by Gasteiger charge is 2.27. The standard InChI is InChI=1S/C23H31N3O2/c1-18-6-4-7-22(24-18)19-8-10-20(11-9-19)23(27)26(14-5-17-28-3)21-12-15-25(2)16-13-21/h4,6-11,21H,5,12-17H2,1-3H3. The van der Waals surface area contributed by atoms with E-state index in [0.29, 0.717) is 12.6 Å². The topological polar surface area (TPSA) is 45.7 Å². The Kier molecular flexibility index (Phi) is 7.18. The van der Waals surface area contributed by atoms with Crippen LogP contribution >= 0.6 is 0 Å². The summed E-state index contributed by atoms with van der Waals surface area (Å²) >= 11 is 0. The average Bonchev–Trinajstić information content (AvgIpc) is 2.72. The van der Waals surface area contributed by atoms with Gasteiger partial charge in [0.05, 0.1) is 5.69 Å². The van der Waals surface area contributed by atoms with Crippen molar-refractivity contribution >= 4 is 5.91 Å². The molecule has 5 heteroatoms. The van der Waals surface area contributed by atoms with Crippen molar-refractivity contribution in [1.29, 1.82) is 0 Å². The molecule has 1 saturated heterocycles. The van der Waals surface area contributed by atoms with E-state index in [1.54, 1.807) is 7.11 Å². The molecule has 1 fully saturated rings. The number of amides is 1. The Hall–Kier alpha value is -2.24. The molecule has 3 rings (SSSR count). The van der Waals surface area contributed by atoms with Crippen LogP contribution in [-0.2, 0) is 4.74 Å². The third-order valence-corrected chi connectivity index (χ3v) is 5.45. The van der Waals surface area contributed by atoms with E-state index in [9.17, 15) is 4.79 Å². The number of carbonyl (C=O) groups excluding carboxylic acids is 1.